The van der Waals surface area contributed by atoms with Crippen molar-refractivity contribution in [2.75, 3.05) is 66.5 Å². The Balaban J connectivity index is 1.77. The number of carbonyl (C=O) groups excluding carboxylic acids is 1. The molecule has 1 aliphatic rings. The number of nitrogens with zero attached hydrogens (tertiary/aromatic N) is 4. The highest BCUT2D eigenvalue weighted by molar-refractivity contribution is 5.84. The highest BCUT2D eigenvalue weighted by Crippen LogP contribution is 2.09. The van der Waals surface area contributed by atoms with Crippen LogP contribution in [0.1, 0.15) is 13.3 Å². The minimum Gasteiger partial charge on any atom is -0.492 e. The van der Waals surface area contributed by atoms with E-state index in [9.17, 15) is 4.79 Å². The molecule has 1 saturated heterocycles. The number of benzene rings is 1. The van der Waals surface area contributed by atoms with Gasteiger partial charge in [0.25, 0.3) is 0 Å². The van der Waals surface area contributed by atoms with Crippen LogP contribution in [0.4, 0.5) is 0 Å². The number of hydrogen-bond donors (Lipinski definition) is 1. The number of nitrogens with one attached hydrogen (secondary N) is 1. The number of aliphatic imine (C=N–C) groups is 1. The van der Waals surface area contributed by atoms with Gasteiger partial charge in [-0.3, -0.25) is 9.69 Å². The van der Waals surface area contributed by atoms with E-state index in [0.29, 0.717) is 6.61 Å². The molecule has 1 aromatic rings. The maximum Gasteiger partial charge on any atom is 0.243 e. The van der Waals surface area contributed by atoms with Crippen LogP contribution in [-0.2, 0) is 4.79 Å². The predicted molar refractivity (Wildman–Crippen MR) is 109 cm³/mol. The third-order valence-corrected chi connectivity index (χ3v) is 4.49. The van der Waals surface area contributed by atoms with Crippen molar-refractivity contribution in [1.82, 2.24) is 20.0 Å². The number of amides is 1. The van der Waals surface area contributed by atoms with Crippen molar-refractivity contribution in [3.63, 3.8) is 0 Å². The summed E-state index contributed by atoms with van der Waals surface area (Å²) < 4.78 is 5.79. The second-order valence-corrected chi connectivity index (χ2v) is 6.84. The third kappa shape index (κ3) is 7.46. The van der Waals surface area contributed by atoms with Crippen molar-refractivity contribution in [3.05, 3.63) is 30.3 Å². The van der Waals surface area contributed by atoms with Crippen LogP contribution in [0.2, 0.25) is 0 Å². The summed E-state index contributed by atoms with van der Waals surface area (Å²) in [6.45, 7) is 8.50. The lowest BCUT2D eigenvalue weighted by atomic mass is 10.3. The maximum atomic E-state index is 11.8. The number of carbonyl (C=O) groups is 1. The van der Waals surface area contributed by atoms with Gasteiger partial charge in [-0.1, -0.05) is 25.1 Å². The van der Waals surface area contributed by atoms with Gasteiger partial charge in [0.15, 0.2) is 5.96 Å². The molecule has 150 valence electrons. The molecule has 0 aliphatic carbocycles. The summed E-state index contributed by atoms with van der Waals surface area (Å²) in [6.07, 6.45) is 1.03. The number of hydrogen-bond acceptors (Lipinski definition) is 4. The summed E-state index contributed by atoms with van der Waals surface area (Å²) in [4.78, 5) is 22.6. The maximum absolute atomic E-state index is 11.8. The van der Waals surface area contributed by atoms with Gasteiger partial charge in [0.05, 0.1) is 0 Å². The fourth-order valence-electron chi connectivity index (χ4n) is 2.78. The molecule has 1 N–H and O–H groups in total. The summed E-state index contributed by atoms with van der Waals surface area (Å²) in [6, 6.07) is 9.92. The fourth-order valence-corrected chi connectivity index (χ4v) is 2.78. The van der Waals surface area contributed by atoms with Crippen LogP contribution in [0.3, 0.4) is 0 Å². The lowest BCUT2D eigenvalue weighted by Crippen LogP contribution is -2.53. The monoisotopic (exact) mass is 375 g/mol. The van der Waals surface area contributed by atoms with E-state index < -0.39 is 0 Å². The molecule has 0 aromatic heterocycles. The number of piperazine rings is 1. The van der Waals surface area contributed by atoms with E-state index in [1.165, 1.54) is 0 Å². The van der Waals surface area contributed by atoms with Gasteiger partial charge in [-0.15, -0.1) is 0 Å². The van der Waals surface area contributed by atoms with Gasteiger partial charge < -0.3 is 19.9 Å². The molecule has 0 bridgehead atoms. The first-order chi connectivity index (χ1) is 13.1. The summed E-state index contributed by atoms with van der Waals surface area (Å²) in [7, 11) is 3.51. The topological polar surface area (TPSA) is 60.4 Å². The molecule has 1 aliphatic heterocycles. The van der Waals surface area contributed by atoms with Crippen LogP contribution in [0, 0.1) is 0 Å². The lowest BCUT2D eigenvalue weighted by Gasteiger charge is -2.36. The Morgan fingerprint density at radius 3 is 2.52 bits per heavy atom. The summed E-state index contributed by atoms with van der Waals surface area (Å²) in [5, 5.41) is 3.37. The van der Waals surface area contributed by atoms with Crippen molar-refractivity contribution >= 4 is 11.9 Å². The molecule has 2 rings (SSSR count). The van der Waals surface area contributed by atoms with E-state index in [1.54, 1.807) is 19.0 Å². The average Bonchev–Trinajstić information content (AvgIpc) is 2.69. The SMILES string of the molecule is CCCNC(=NCC(=O)N(C)C)N1CCN(CCOc2ccccc2)CC1. The predicted octanol–water partition coefficient (Wildman–Crippen LogP) is 1.13. The van der Waals surface area contributed by atoms with Crippen LogP contribution in [0.15, 0.2) is 35.3 Å². The van der Waals surface area contributed by atoms with Crippen LogP contribution in [-0.4, -0.2) is 93.1 Å². The minimum atomic E-state index is 0.0162. The molecule has 1 heterocycles. The normalized spacial score (nSPS) is 15.5. The van der Waals surface area contributed by atoms with Crippen LogP contribution < -0.4 is 10.1 Å². The molecule has 0 unspecified atom stereocenters. The fraction of sp³-hybridized carbons (Fsp3) is 0.600. The Kier molecular flexibility index (Phi) is 8.91. The van der Waals surface area contributed by atoms with E-state index in [2.05, 4.69) is 27.0 Å². The number of para-hydroxylation sites is 1. The molecule has 27 heavy (non-hydrogen) atoms. The zero-order valence-electron chi connectivity index (χ0n) is 16.9. The van der Waals surface area contributed by atoms with Gasteiger partial charge in [-0.05, 0) is 18.6 Å². The zero-order chi connectivity index (χ0) is 19.5. The van der Waals surface area contributed by atoms with Crippen molar-refractivity contribution in [2.45, 2.75) is 13.3 Å². The summed E-state index contributed by atoms with van der Waals surface area (Å²) in [5.74, 6) is 1.77. The first-order valence-electron chi connectivity index (χ1n) is 9.73. The molecule has 0 spiro atoms. The first-order valence-corrected chi connectivity index (χ1v) is 9.73. The van der Waals surface area contributed by atoms with Crippen molar-refractivity contribution in [3.8, 4) is 5.75 Å². The van der Waals surface area contributed by atoms with E-state index in [-0.39, 0.29) is 12.5 Å². The standard InChI is InChI=1S/C20H33N5O2/c1-4-10-21-20(22-17-19(26)23(2)3)25-13-11-24(12-14-25)15-16-27-18-8-6-5-7-9-18/h5-9H,4,10-17H2,1-3H3,(H,21,22). The number of rotatable bonds is 8. The molecule has 0 atom stereocenters. The van der Waals surface area contributed by atoms with Crippen LogP contribution >= 0.6 is 0 Å². The quantitative estimate of drug-likeness (QED) is 0.545. The van der Waals surface area contributed by atoms with Gasteiger partial charge in [0.1, 0.15) is 18.9 Å². The van der Waals surface area contributed by atoms with E-state index >= 15 is 0 Å². The number of guanidine groups is 1. The van der Waals surface area contributed by atoms with E-state index in [1.807, 2.05) is 30.3 Å². The van der Waals surface area contributed by atoms with Gasteiger partial charge in [-0.25, -0.2) is 4.99 Å². The molecule has 1 amide bonds. The Labute approximate surface area is 163 Å². The average molecular weight is 376 g/mol. The first kappa shape index (κ1) is 21.0. The molecule has 1 fully saturated rings. The van der Waals surface area contributed by atoms with Crippen molar-refractivity contribution < 1.29 is 9.53 Å². The van der Waals surface area contributed by atoms with E-state index in [0.717, 1.165) is 57.4 Å². The Hall–Kier alpha value is -2.28. The second kappa shape index (κ2) is 11.4. The Morgan fingerprint density at radius 1 is 1.19 bits per heavy atom. The zero-order valence-corrected chi connectivity index (χ0v) is 16.9. The van der Waals surface area contributed by atoms with Crippen LogP contribution in [0.25, 0.3) is 0 Å². The molecule has 7 nitrogen and oxygen atoms in total. The van der Waals surface area contributed by atoms with Crippen LogP contribution in [0.5, 0.6) is 5.75 Å². The van der Waals surface area contributed by atoms with Gasteiger partial charge >= 0.3 is 0 Å². The highest BCUT2D eigenvalue weighted by Gasteiger charge is 2.20. The largest absolute Gasteiger partial charge is 0.492 e. The van der Waals surface area contributed by atoms with Crippen molar-refractivity contribution in [1.29, 1.82) is 0 Å². The number of ether oxygens (including phenoxy) is 1. The van der Waals surface area contributed by atoms with E-state index in [4.69, 9.17) is 4.74 Å². The lowest BCUT2D eigenvalue weighted by molar-refractivity contribution is -0.127. The van der Waals surface area contributed by atoms with Crippen molar-refractivity contribution in [2.24, 2.45) is 4.99 Å². The highest BCUT2D eigenvalue weighted by atomic mass is 16.5. The van der Waals surface area contributed by atoms with Gasteiger partial charge in [0.2, 0.25) is 5.91 Å². The van der Waals surface area contributed by atoms with Gasteiger partial charge in [-0.2, -0.15) is 0 Å². The summed E-state index contributed by atoms with van der Waals surface area (Å²) >= 11 is 0. The molecule has 0 saturated carbocycles. The molecule has 0 radical (unpaired) electrons. The molecular weight excluding hydrogens is 342 g/mol. The summed E-state index contributed by atoms with van der Waals surface area (Å²) in [5.41, 5.74) is 0. The smallest absolute Gasteiger partial charge is 0.243 e. The minimum absolute atomic E-state index is 0.0162. The Bertz CT molecular complexity index is 583. The molecule has 1 aromatic carbocycles. The van der Waals surface area contributed by atoms with Gasteiger partial charge in [0, 0.05) is 53.4 Å². The molecule has 7 heteroatoms. The molecular formula is C20H33N5O2. The third-order valence-electron chi connectivity index (χ3n) is 4.49. The second-order valence-electron chi connectivity index (χ2n) is 6.84. The number of likely N-dealkylation sites (N-methyl/N-ethyl adjacent to an activating group) is 1. The Morgan fingerprint density at radius 2 is 1.89 bits per heavy atom.